The summed E-state index contributed by atoms with van der Waals surface area (Å²) in [7, 11) is 1.51. The van der Waals surface area contributed by atoms with Gasteiger partial charge in [0.2, 0.25) is 5.91 Å². The fourth-order valence-electron chi connectivity index (χ4n) is 2.02. The summed E-state index contributed by atoms with van der Waals surface area (Å²) >= 11 is 0. The molecule has 7 heteroatoms. The molecule has 7 nitrogen and oxygen atoms in total. The molecule has 0 heterocycles. The maximum atomic E-state index is 11.6. The standard InChI is InChI=1S/C14H27N3O4/c1-9(2)11(5-6-12(18)19)7-8-16-14(21)17-10(3)13(20)15-4/h9-11H,5-8H2,1-4H3,(H,15,20)(H,18,19)(H2,16,17,21). The van der Waals surface area contributed by atoms with E-state index in [1.807, 2.05) is 13.8 Å². The lowest BCUT2D eigenvalue weighted by atomic mass is 9.88. The Morgan fingerprint density at radius 1 is 1.10 bits per heavy atom. The number of rotatable bonds is 9. The number of carboxylic acids is 1. The van der Waals surface area contributed by atoms with Crippen molar-refractivity contribution < 1.29 is 19.5 Å². The van der Waals surface area contributed by atoms with Gasteiger partial charge in [0, 0.05) is 20.0 Å². The Balaban J connectivity index is 4.05. The predicted molar refractivity (Wildman–Crippen MR) is 79.9 cm³/mol. The van der Waals surface area contributed by atoms with Crippen molar-refractivity contribution in [3.63, 3.8) is 0 Å². The highest BCUT2D eigenvalue weighted by Gasteiger charge is 2.16. The van der Waals surface area contributed by atoms with Crippen LogP contribution in [0.2, 0.25) is 0 Å². The van der Waals surface area contributed by atoms with E-state index < -0.39 is 18.0 Å². The highest BCUT2D eigenvalue weighted by atomic mass is 16.4. The van der Waals surface area contributed by atoms with Crippen LogP contribution in [0.3, 0.4) is 0 Å². The first kappa shape index (κ1) is 19.2. The molecule has 0 fully saturated rings. The average molecular weight is 301 g/mol. The minimum atomic E-state index is -0.800. The number of amides is 3. The fourth-order valence-corrected chi connectivity index (χ4v) is 2.02. The van der Waals surface area contributed by atoms with Crippen molar-refractivity contribution in [2.24, 2.45) is 11.8 Å². The van der Waals surface area contributed by atoms with E-state index in [0.29, 0.717) is 25.3 Å². The van der Waals surface area contributed by atoms with Crippen molar-refractivity contribution >= 4 is 17.9 Å². The van der Waals surface area contributed by atoms with Gasteiger partial charge in [-0.1, -0.05) is 13.8 Å². The van der Waals surface area contributed by atoms with E-state index in [1.165, 1.54) is 7.05 Å². The van der Waals surface area contributed by atoms with Gasteiger partial charge in [-0.3, -0.25) is 9.59 Å². The largest absolute Gasteiger partial charge is 0.481 e. The van der Waals surface area contributed by atoms with Crippen molar-refractivity contribution in [1.29, 1.82) is 0 Å². The van der Waals surface area contributed by atoms with Crippen molar-refractivity contribution in [2.75, 3.05) is 13.6 Å². The van der Waals surface area contributed by atoms with E-state index in [2.05, 4.69) is 16.0 Å². The molecule has 2 atom stereocenters. The number of hydrogen-bond acceptors (Lipinski definition) is 3. The highest BCUT2D eigenvalue weighted by molar-refractivity contribution is 5.86. The number of nitrogens with one attached hydrogen (secondary N) is 3. The molecule has 0 rings (SSSR count). The van der Waals surface area contributed by atoms with Crippen molar-refractivity contribution in [3.8, 4) is 0 Å². The van der Waals surface area contributed by atoms with Crippen LogP contribution in [0.1, 0.15) is 40.0 Å². The van der Waals surface area contributed by atoms with E-state index >= 15 is 0 Å². The second kappa shape index (κ2) is 10.0. The smallest absolute Gasteiger partial charge is 0.315 e. The highest BCUT2D eigenvalue weighted by Crippen LogP contribution is 2.20. The van der Waals surface area contributed by atoms with Gasteiger partial charge < -0.3 is 21.1 Å². The van der Waals surface area contributed by atoms with Gasteiger partial charge in [0.15, 0.2) is 0 Å². The van der Waals surface area contributed by atoms with Crippen molar-refractivity contribution in [3.05, 3.63) is 0 Å². The number of hydrogen-bond donors (Lipinski definition) is 4. The van der Waals surface area contributed by atoms with Crippen LogP contribution in [0.25, 0.3) is 0 Å². The third-order valence-electron chi connectivity index (χ3n) is 3.46. The molecule has 21 heavy (non-hydrogen) atoms. The van der Waals surface area contributed by atoms with E-state index in [1.54, 1.807) is 6.92 Å². The molecule has 0 saturated carbocycles. The summed E-state index contributed by atoms with van der Waals surface area (Å²) in [5, 5.41) is 16.4. The number of carboxylic acid groups (broad SMARTS) is 1. The topological polar surface area (TPSA) is 108 Å². The van der Waals surface area contributed by atoms with Gasteiger partial charge in [-0.25, -0.2) is 4.79 Å². The second-order valence-corrected chi connectivity index (χ2v) is 5.46. The van der Waals surface area contributed by atoms with Gasteiger partial charge in [-0.05, 0) is 31.6 Å². The van der Waals surface area contributed by atoms with Crippen LogP contribution in [0.15, 0.2) is 0 Å². The molecule has 0 radical (unpaired) electrons. The van der Waals surface area contributed by atoms with E-state index in [-0.39, 0.29) is 18.2 Å². The van der Waals surface area contributed by atoms with Crippen LogP contribution in [0.5, 0.6) is 0 Å². The maximum absolute atomic E-state index is 11.6. The monoisotopic (exact) mass is 301 g/mol. The Kier molecular flexibility index (Phi) is 9.16. The molecular formula is C14H27N3O4. The Morgan fingerprint density at radius 2 is 1.71 bits per heavy atom. The van der Waals surface area contributed by atoms with E-state index in [4.69, 9.17) is 5.11 Å². The number of urea groups is 1. The normalized spacial score (nSPS) is 13.4. The third kappa shape index (κ3) is 8.88. The summed E-state index contributed by atoms with van der Waals surface area (Å²) in [6, 6.07) is -0.991. The molecule has 4 N–H and O–H groups in total. The summed E-state index contributed by atoms with van der Waals surface area (Å²) in [6.07, 6.45) is 1.46. The second-order valence-electron chi connectivity index (χ2n) is 5.46. The van der Waals surface area contributed by atoms with Gasteiger partial charge in [-0.15, -0.1) is 0 Å². The summed E-state index contributed by atoms with van der Waals surface area (Å²) in [6.45, 7) is 6.14. The zero-order valence-electron chi connectivity index (χ0n) is 13.2. The summed E-state index contributed by atoms with van der Waals surface area (Å²) in [5.41, 5.74) is 0. The minimum absolute atomic E-state index is 0.142. The summed E-state index contributed by atoms with van der Waals surface area (Å²) in [4.78, 5) is 33.5. The molecule has 0 bridgehead atoms. The van der Waals surface area contributed by atoms with Crippen LogP contribution >= 0.6 is 0 Å². The first-order valence-corrected chi connectivity index (χ1v) is 7.25. The van der Waals surface area contributed by atoms with Gasteiger partial charge in [0.05, 0.1) is 0 Å². The van der Waals surface area contributed by atoms with Gasteiger partial charge in [-0.2, -0.15) is 0 Å². The zero-order chi connectivity index (χ0) is 16.4. The molecule has 2 unspecified atom stereocenters. The van der Waals surface area contributed by atoms with Crippen molar-refractivity contribution in [2.45, 2.75) is 46.1 Å². The lowest BCUT2D eigenvalue weighted by Gasteiger charge is -2.20. The van der Waals surface area contributed by atoms with Crippen LogP contribution in [0, 0.1) is 11.8 Å². The van der Waals surface area contributed by atoms with E-state index in [0.717, 1.165) is 0 Å². The van der Waals surface area contributed by atoms with Gasteiger partial charge in [0.1, 0.15) is 6.04 Å². The Bertz CT molecular complexity index is 358. The quantitative estimate of drug-likeness (QED) is 0.508. The number of likely N-dealkylation sites (N-methyl/N-ethyl adjacent to an activating group) is 1. The average Bonchev–Trinajstić information content (AvgIpc) is 2.40. The number of carbonyl (C=O) groups is 3. The fraction of sp³-hybridized carbons (Fsp3) is 0.786. The predicted octanol–water partition coefficient (Wildman–Crippen LogP) is 0.947. The van der Waals surface area contributed by atoms with Crippen LogP contribution in [-0.2, 0) is 9.59 Å². The minimum Gasteiger partial charge on any atom is -0.481 e. The molecule has 122 valence electrons. The molecule has 0 aliphatic carbocycles. The molecule has 0 aromatic heterocycles. The molecule has 0 saturated heterocycles. The third-order valence-corrected chi connectivity index (χ3v) is 3.46. The maximum Gasteiger partial charge on any atom is 0.315 e. The van der Waals surface area contributed by atoms with Crippen LogP contribution in [-0.4, -0.2) is 42.6 Å². The number of carbonyl (C=O) groups excluding carboxylic acids is 2. The lowest BCUT2D eigenvalue weighted by Crippen LogP contribution is -2.48. The number of aliphatic carboxylic acids is 1. The molecule has 0 aliphatic rings. The van der Waals surface area contributed by atoms with Crippen LogP contribution in [0.4, 0.5) is 4.79 Å². The zero-order valence-corrected chi connectivity index (χ0v) is 13.2. The molecule has 3 amide bonds. The molecular weight excluding hydrogens is 274 g/mol. The summed E-state index contributed by atoms with van der Waals surface area (Å²) < 4.78 is 0. The SMILES string of the molecule is CNC(=O)C(C)NC(=O)NCCC(CCC(=O)O)C(C)C. The van der Waals surface area contributed by atoms with Gasteiger partial charge >= 0.3 is 12.0 Å². The first-order valence-electron chi connectivity index (χ1n) is 7.25. The Labute approximate surface area is 125 Å². The van der Waals surface area contributed by atoms with E-state index in [9.17, 15) is 14.4 Å². The van der Waals surface area contributed by atoms with Gasteiger partial charge in [0.25, 0.3) is 0 Å². The Hall–Kier alpha value is -1.79. The van der Waals surface area contributed by atoms with Crippen molar-refractivity contribution in [1.82, 2.24) is 16.0 Å². The first-order chi connectivity index (χ1) is 9.77. The molecule has 0 aliphatic heterocycles. The Morgan fingerprint density at radius 3 is 2.19 bits per heavy atom. The summed E-state index contributed by atoms with van der Waals surface area (Å²) in [5.74, 6) is -0.450. The molecule has 0 aromatic carbocycles. The lowest BCUT2D eigenvalue weighted by molar-refractivity contribution is -0.137. The molecule has 0 aromatic rings. The van der Waals surface area contributed by atoms with Crippen LogP contribution < -0.4 is 16.0 Å². The molecule has 0 spiro atoms.